The summed E-state index contributed by atoms with van der Waals surface area (Å²) in [6.45, 7) is 3.58. The molecule has 104 valence electrons. The maximum Gasteiger partial charge on any atom is 0.321 e. The summed E-state index contributed by atoms with van der Waals surface area (Å²) in [6.07, 6.45) is 0. The predicted molar refractivity (Wildman–Crippen MR) is 73.9 cm³/mol. The van der Waals surface area contributed by atoms with Gasteiger partial charge in [0, 0.05) is 10.9 Å². The molecule has 0 saturated heterocycles. The summed E-state index contributed by atoms with van der Waals surface area (Å²) in [7, 11) is 0. The average Bonchev–Trinajstić information content (AvgIpc) is 2.29. The van der Waals surface area contributed by atoms with E-state index in [4.69, 9.17) is 11.6 Å². The Morgan fingerprint density at radius 2 is 2.11 bits per heavy atom. The number of carbonyl (C=O) groups excluding carboxylic acids is 2. The van der Waals surface area contributed by atoms with Gasteiger partial charge in [-0.3, -0.25) is 10.1 Å². The molecule has 2 N–H and O–H groups in total. The van der Waals surface area contributed by atoms with Crippen molar-refractivity contribution < 1.29 is 14.0 Å². The van der Waals surface area contributed by atoms with E-state index in [0.717, 1.165) is 0 Å². The molecular weight excluding hydrogens is 291 g/mol. The van der Waals surface area contributed by atoms with E-state index in [2.05, 4.69) is 10.6 Å². The number of amides is 3. The van der Waals surface area contributed by atoms with E-state index in [1.165, 1.54) is 30.0 Å². The van der Waals surface area contributed by atoms with Gasteiger partial charge in [0.25, 0.3) is 0 Å². The maximum absolute atomic E-state index is 12.9. The molecular formula is C12H14ClFN2O2S. The summed E-state index contributed by atoms with van der Waals surface area (Å²) in [6, 6.07) is 3.61. The highest BCUT2D eigenvalue weighted by Crippen LogP contribution is 2.23. The average molecular weight is 305 g/mol. The molecule has 0 aliphatic heterocycles. The molecule has 3 amide bonds. The number of benzene rings is 1. The number of nitrogens with one attached hydrogen (secondary N) is 2. The SMILES string of the molecule is CC(C)NC(=O)NC(=O)CSc1ccc(F)c(Cl)c1. The molecule has 0 aromatic heterocycles. The van der Waals surface area contributed by atoms with Crippen LogP contribution in [0.5, 0.6) is 0 Å². The van der Waals surface area contributed by atoms with Crippen LogP contribution in [0.4, 0.5) is 9.18 Å². The second-order valence-electron chi connectivity index (χ2n) is 4.04. The van der Waals surface area contributed by atoms with Crippen LogP contribution in [0.3, 0.4) is 0 Å². The largest absolute Gasteiger partial charge is 0.336 e. The predicted octanol–water partition coefficient (Wildman–Crippen LogP) is 2.81. The van der Waals surface area contributed by atoms with Gasteiger partial charge in [-0.2, -0.15) is 0 Å². The first-order valence-corrected chi connectivity index (χ1v) is 6.93. The molecule has 7 heteroatoms. The van der Waals surface area contributed by atoms with Gasteiger partial charge in [0.05, 0.1) is 10.8 Å². The molecule has 0 radical (unpaired) electrons. The molecule has 1 aromatic rings. The lowest BCUT2D eigenvalue weighted by atomic mass is 10.3. The number of hydrogen-bond acceptors (Lipinski definition) is 3. The number of urea groups is 1. The van der Waals surface area contributed by atoms with Crippen molar-refractivity contribution in [1.29, 1.82) is 0 Å². The van der Waals surface area contributed by atoms with Gasteiger partial charge >= 0.3 is 6.03 Å². The molecule has 0 unspecified atom stereocenters. The zero-order valence-corrected chi connectivity index (χ0v) is 12.1. The second-order valence-corrected chi connectivity index (χ2v) is 5.50. The number of thioether (sulfide) groups is 1. The van der Waals surface area contributed by atoms with Crippen LogP contribution in [0, 0.1) is 5.82 Å². The van der Waals surface area contributed by atoms with Crippen LogP contribution >= 0.6 is 23.4 Å². The van der Waals surface area contributed by atoms with E-state index >= 15 is 0 Å². The molecule has 0 fully saturated rings. The number of imide groups is 1. The summed E-state index contributed by atoms with van der Waals surface area (Å²) >= 11 is 6.79. The fourth-order valence-electron chi connectivity index (χ4n) is 1.18. The normalized spacial score (nSPS) is 10.4. The quantitative estimate of drug-likeness (QED) is 0.841. The molecule has 0 atom stereocenters. The third kappa shape index (κ3) is 5.94. The highest BCUT2D eigenvalue weighted by Gasteiger charge is 2.09. The van der Waals surface area contributed by atoms with Gasteiger partial charge in [0.15, 0.2) is 0 Å². The Morgan fingerprint density at radius 1 is 1.42 bits per heavy atom. The first-order valence-electron chi connectivity index (χ1n) is 5.56. The van der Waals surface area contributed by atoms with E-state index < -0.39 is 17.8 Å². The minimum absolute atomic E-state index is 0.00274. The van der Waals surface area contributed by atoms with Crippen molar-refractivity contribution in [3.8, 4) is 0 Å². The summed E-state index contributed by atoms with van der Waals surface area (Å²) in [4.78, 5) is 23.4. The Kier molecular flexibility index (Phi) is 6.11. The summed E-state index contributed by atoms with van der Waals surface area (Å²) in [5, 5.41) is 4.73. The number of carbonyl (C=O) groups is 2. The van der Waals surface area contributed by atoms with Crippen LogP contribution in [-0.2, 0) is 4.79 Å². The highest BCUT2D eigenvalue weighted by molar-refractivity contribution is 8.00. The third-order valence-corrected chi connectivity index (χ3v) is 3.22. The summed E-state index contributed by atoms with van der Waals surface area (Å²) in [5.74, 6) is -0.886. The Labute approximate surface area is 120 Å². The molecule has 1 aromatic carbocycles. The first kappa shape index (κ1) is 15.8. The van der Waals surface area contributed by atoms with Gasteiger partial charge in [-0.05, 0) is 32.0 Å². The lowest BCUT2D eigenvalue weighted by molar-refractivity contribution is -0.117. The fourth-order valence-corrected chi connectivity index (χ4v) is 2.16. The zero-order chi connectivity index (χ0) is 14.4. The van der Waals surface area contributed by atoms with Crippen LogP contribution in [-0.4, -0.2) is 23.7 Å². The monoisotopic (exact) mass is 304 g/mol. The smallest absolute Gasteiger partial charge is 0.321 e. The number of halogens is 2. The van der Waals surface area contributed by atoms with Crippen LogP contribution in [0.2, 0.25) is 5.02 Å². The molecule has 0 spiro atoms. The minimum atomic E-state index is -0.530. The molecule has 19 heavy (non-hydrogen) atoms. The maximum atomic E-state index is 12.9. The van der Waals surface area contributed by atoms with Crippen molar-refractivity contribution in [3.63, 3.8) is 0 Å². The van der Waals surface area contributed by atoms with E-state index in [9.17, 15) is 14.0 Å². The summed E-state index contributed by atoms with van der Waals surface area (Å²) < 4.78 is 12.9. The van der Waals surface area contributed by atoms with E-state index in [0.29, 0.717) is 4.90 Å². The molecule has 0 saturated carbocycles. The fraction of sp³-hybridized carbons (Fsp3) is 0.333. The molecule has 0 bridgehead atoms. The van der Waals surface area contributed by atoms with E-state index in [1.807, 2.05) is 0 Å². The lowest BCUT2D eigenvalue weighted by Crippen LogP contribution is -2.43. The molecule has 0 aliphatic rings. The molecule has 4 nitrogen and oxygen atoms in total. The van der Waals surface area contributed by atoms with Crippen molar-refractivity contribution in [1.82, 2.24) is 10.6 Å². The zero-order valence-electron chi connectivity index (χ0n) is 10.5. The molecule has 0 heterocycles. The van der Waals surface area contributed by atoms with Crippen molar-refractivity contribution in [2.45, 2.75) is 24.8 Å². The van der Waals surface area contributed by atoms with Crippen LogP contribution < -0.4 is 10.6 Å². The number of hydrogen-bond donors (Lipinski definition) is 2. The Bertz CT molecular complexity index is 483. The Balaban J connectivity index is 2.41. The van der Waals surface area contributed by atoms with Crippen molar-refractivity contribution >= 4 is 35.3 Å². The van der Waals surface area contributed by atoms with E-state index in [-0.39, 0.29) is 16.8 Å². The Hall–Kier alpha value is -1.27. The van der Waals surface area contributed by atoms with Crippen molar-refractivity contribution in [2.24, 2.45) is 0 Å². The standard InChI is InChI=1S/C12H14ClFN2O2S/c1-7(2)15-12(18)16-11(17)6-19-8-3-4-10(14)9(13)5-8/h3-5,7H,6H2,1-2H3,(H2,15,16,17,18). The highest BCUT2D eigenvalue weighted by atomic mass is 35.5. The van der Waals surface area contributed by atoms with Gasteiger partial charge in [0.2, 0.25) is 5.91 Å². The van der Waals surface area contributed by atoms with Gasteiger partial charge in [-0.25, -0.2) is 9.18 Å². The summed E-state index contributed by atoms with van der Waals surface area (Å²) in [5.41, 5.74) is 0. The lowest BCUT2D eigenvalue weighted by Gasteiger charge is -2.09. The van der Waals surface area contributed by atoms with Gasteiger partial charge in [0.1, 0.15) is 5.82 Å². The van der Waals surface area contributed by atoms with Crippen molar-refractivity contribution in [3.05, 3.63) is 29.0 Å². The molecule has 1 rings (SSSR count). The van der Waals surface area contributed by atoms with Crippen LogP contribution in [0.25, 0.3) is 0 Å². The Morgan fingerprint density at radius 3 is 2.68 bits per heavy atom. The van der Waals surface area contributed by atoms with Crippen LogP contribution in [0.15, 0.2) is 23.1 Å². The van der Waals surface area contributed by atoms with Gasteiger partial charge in [-0.1, -0.05) is 11.6 Å². The van der Waals surface area contributed by atoms with E-state index in [1.54, 1.807) is 13.8 Å². The number of rotatable bonds is 4. The van der Waals surface area contributed by atoms with Gasteiger partial charge in [-0.15, -0.1) is 11.8 Å². The van der Waals surface area contributed by atoms with Crippen molar-refractivity contribution in [2.75, 3.05) is 5.75 Å². The first-order chi connectivity index (χ1) is 8.88. The second kappa shape index (κ2) is 7.35. The topological polar surface area (TPSA) is 58.2 Å². The van der Waals surface area contributed by atoms with Crippen LogP contribution in [0.1, 0.15) is 13.8 Å². The third-order valence-electron chi connectivity index (χ3n) is 1.93. The minimum Gasteiger partial charge on any atom is -0.336 e. The molecule has 0 aliphatic carbocycles. The van der Waals surface area contributed by atoms with Gasteiger partial charge < -0.3 is 5.32 Å².